The van der Waals surface area contributed by atoms with Gasteiger partial charge in [-0.25, -0.2) is 17.5 Å². The number of para-hydroxylation sites is 1. The standard InChI is InChI=1S/C24H32FN3O3S/c1-28(2)12-13-31-22-9-4-3-8-20(22)19-7-5-6-18(14-19)15-21-23(27-32(29,30)17-25)24(10-11-24)16-26-21/h3-9,14,21,23,26-27H,10-13,15-17H2,1-2H3/t21-,23+/m0/s1. The van der Waals surface area contributed by atoms with E-state index in [0.717, 1.165) is 48.4 Å². The topological polar surface area (TPSA) is 70.7 Å². The number of benzene rings is 2. The smallest absolute Gasteiger partial charge is 0.241 e. The third-order valence-corrected chi connectivity index (χ3v) is 7.40. The molecule has 1 aliphatic heterocycles. The van der Waals surface area contributed by atoms with Crippen molar-refractivity contribution in [2.45, 2.75) is 31.3 Å². The minimum atomic E-state index is -3.91. The fourth-order valence-corrected chi connectivity index (χ4v) is 5.41. The molecule has 0 aromatic heterocycles. The summed E-state index contributed by atoms with van der Waals surface area (Å²) in [4.78, 5) is 2.08. The van der Waals surface area contributed by atoms with Crippen LogP contribution in [-0.4, -0.2) is 65.2 Å². The molecule has 1 saturated heterocycles. The van der Waals surface area contributed by atoms with Gasteiger partial charge in [0.1, 0.15) is 12.4 Å². The Morgan fingerprint density at radius 2 is 1.97 bits per heavy atom. The van der Waals surface area contributed by atoms with Gasteiger partial charge in [0.2, 0.25) is 16.0 Å². The van der Waals surface area contributed by atoms with Crippen molar-refractivity contribution in [1.82, 2.24) is 14.9 Å². The number of likely N-dealkylation sites (N-methyl/N-ethyl adjacent to an activating group) is 1. The number of ether oxygens (including phenoxy) is 1. The summed E-state index contributed by atoms with van der Waals surface area (Å²) >= 11 is 0. The van der Waals surface area contributed by atoms with Crippen LogP contribution in [0, 0.1) is 5.41 Å². The maximum Gasteiger partial charge on any atom is 0.241 e. The molecule has 2 aliphatic rings. The van der Waals surface area contributed by atoms with Crippen LogP contribution in [0.5, 0.6) is 5.75 Å². The minimum absolute atomic E-state index is 0.0688. The first-order valence-corrected chi connectivity index (χ1v) is 12.7. The lowest BCUT2D eigenvalue weighted by molar-refractivity contribution is 0.262. The van der Waals surface area contributed by atoms with Crippen LogP contribution in [0.25, 0.3) is 11.1 Å². The van der Waals surface area contributed by atoms with E-state index in [2.05, 4.69) is 39.2 Å². The summed E-state index contributed by atoms with van der Waals surface area (Å²) in [6.45, 7) is 2.20. The Labute approximate surface area is 190 Å². The summed E-state index contributed by atoms with van der Waals surface area (Å²) < 4.78 is 45.5. The van der Waals surface area contributed by atoms with E-state index in [1.807, 2.05) is 38.4 Å². The predicted octanol–water partition coefficient (Wildman–Crippen LogP) is 2.80. The average Bonchev–Trinajstić information content (AvgIpc) is 3.49. The van der Waals surface area contributed by atoms with Gasteiger partial charge in [-0.1, -0.05) is 42.5 Å². The quantitative estimate of drug-likeness (QED) is 0.569. The van der Waals surface area contributed by atoms with Gasteiger partial charge in [0.15, 0.2) is 0 Å². The molecule has 0 amide bonds. The summed E-state index contributed by atoms with van der Waals surface area (Å²) in [6, 6.07) is 14.5. The van der Waals surface area contributed by atoms with Crippen molar-refractivity contribution in [2.24, 2.45) is 5.41 Å². The molecule has 0 unspecified atom stereocenters. The van der Waals surface area contributed by atoms with E-state index in [1.165, 1.54) is 0 Å². The third-order valence-electron chi connectivity index (χ3n) is 6.50. The van der Waals surface area contributed by atoms with Crippen molar-refractivity contribution in [3.05, 3.63) is 54.1 Å². The molecule has 0 radical (unpaired) electrons. The van der Waals surface area contributed by atoms with E-state index in [9.17, 15) is 12.8 Å². The Morgan fingerprint density at radius 3 is 2.69 bits per heavy atom. The number of sulfonamides is 1. The molecule has 2 aromatic carbocycles. The maximum atomic E-state index is 13.0. The second-order valence-electron chi connectivity index (χ2n) is 9.22. The van der Waals surface area contributed by atoms with Gasteiger partial charge in [0.05, 0.1) is 0 Å². The van der Waals surface area contributed by atoms with Gasteiger partial charge < -0.3 is 15.0 Å². The lowest BCUT2D eigenvalue weighted by atomic mass is 9.92. The highest BCUT2D eigenvalue weighted by Crippen LogP contribution is 2.52. The molecule has 2 N–H and O–H groups in total. The SMILES string of the molecule is CN(C)CCOc1ccccc1-c1cccc(C[C@@H]2NCC3(CC3)[C@@H]2NS(=O)(=O)CF)c1. The van der Waals surface area contributed by atoms with Gasteiger partial charge in [0.25, 0.3) is 0 Å². The number of alkyl halides is 1. The lowest BCUT2D eigenvalue weighted by Gasteiger charge is -2.24. The van der Waals surface area contributed by atoms with Crippen LogP contribution in [0.4, 0.5) is 4.39 Å². The molecule has 2 aromatic rings. The van der Waals surface area contributed by atoms with Gasteiger partial charge in [-0.2, -0.15) is 0 Å². The number of halogens is 1. The van der Waals surface area contributed by atoms with Crippen molar-refractivity contribution >= 4 is 10.0 Å². The van der Waals surface area contributed by atoms with E-state index in [0.29, 0.717) is 13.0 Å². The normalized spacial score (nSPS) is 21.9. The number of hydrogen-bond donors (Lipinski definition) is 2. The Kier molecular flexibility index (Phi) is 6.86. The van der Waals surface area contributed by atoms with Gasteiger partial charge in [0, 0.05) is 36.2 Å². The highest BCUT2D eigenvalue weighted by Gasteiger charge is 2.57. The van der Waals surface area contributed by atoms with Crippen molar-refractivity contribution in [1.29, 1.82) is 0 Å². The Morgan fingerprint density at radius 1 is 1.19 bits per heavy atom. The Bertz CT molecular complexity index is 1040. The number of rotatable bonds is 10. The second kappa shape index (κ2) is 9.47. The van der Waals surface area contributed by atoms with Crippen LogP contribution in [-0.2, 0) is 16.4 Å². The van der Waals surface area contributed by atoms with E-state index < -0.39 is 16.0 Å². The van der Waals surface area contributed by atoms with E-state index in [-0.39, 0.29) is 17.5 Å². The van der Waals surface area contributed by atoms with Crippen molar-refractivity contribution in [3.63, 3.8) is 0 Å². The molecule has 6 nitrogen and oxygen atoms in total. The molecule has 2 fully saturated rings. The zero-order valence-electron chi connectivity index (χ0n) is 18.7. The number of nitrogens with zero attached hydrogens (tertiary/aromatic N) is 1. The highest BCUT2D eigenvalue weighted by molar-refractivity contribution is 7.89. The van der Waals surface area contributed by atoms with Crippen LogP contribution in [0.1, 0.15) is 18.4 Å². The lowest BCUT2D eigenvalue weighted by Crippen LogP contribution is -2.48. The average molecular weight is 462 g/mol. The van der Waals surface area contributed by atoms with Gasteiger partial charge in [-0.15, -0.1) is 0 Å². The predicted molar refractivity (Wildman–Crippen MR) is 125 cm³/mol. The van der Waals surface area contributed by atoms with Crippen LogP contribution in [0.2, 0.25) is 0 Å². The minimum Gasteiger partial charge on any atom is -0.492 e. The largest absolute Gasteiger partial charge is 0.492 e. The van der Waals surface area contributed by atoms with Gasteiger partial charge in [-0.05, 0) is 50.6 Å². The first-order valence-electron chi connectivity index (χ1n) is 11.1. The van der Waals surface area contributed by atoms with Crippen molar-refractivity contribution in [2.75, 3.05) is 39.8 Å². The molecule has 32 heavy (non-hydrogen) atoms. The summed E-state index contributed by atoms with van der Waals surface area (Å²) in [6.07, 6.45) is 2.60. The highest BCUT2D eigenvalue weighted by atomic mass is 32.2. The zero-order chi connectivity index (χ0) is 22.8. The molecule has 2 atom stereocenters. The van der Waals surface area contributed by atoms with E-state index >= 15 is 0 Å². The molecule has 1 heterocycles. The fraction of sp³-hybridized carbons (Fsp3) is 0.500. The maximum absolute atomic E-state index is 13.0. The molecular formula is C24H32FN3O3S. The molecule has 0 bridgehead atoms. The molecular weight excluding hydrogens is 429 g/mol. The van der Waals surface area contributed by atoms with Crippen LogP contribution >= 0.6 is 0 Å². The number of hydrogen-bond acceptors (Lipinski definition) is 5. The van der Waals surface area contributed by atoms with Crippen LogP contribution in [0.15, 0.2) is 48.5 Å². The van der Waals surface area contributed by atoms with Crippen LogP contribution in [0.3, 0.4) is 0 Å². The molecule has 1 saturated carbocycles. The molecule has 174 valence electrons. The zero-order valence-corrected chi connectivity index (χ0v) is 19.5. The third kappa shape index (κ3) is 5.31. The second-order valence-corrected chi connectivity index (χ2v) is 10.9. The Hall–Kier alpha value is -2.00. The summed E-state index contributed by atoms with van der Waals surface area (Å²) in [5, 5.41) is 3.48. The monoisotopic (exact) mass is 461 g/mol. The van der Waals surface area contributed by atoms with Gasteiger partial charge in [-0.3, -0.25) is 0 Å². The van der Waals surface area contributed by atoms with Crippen molar-refractivity contribution in [3.8, 4) is 16.9 Å². The van der Waals surface area contributed by atoms with E-state index in [1.54, 1.807) is 0 Å². The number of nitrogens with one attached hydrogen (secondary N) is 2. The fourth-order valence-electron chi connectivity index (χ4n) is 4.55. The first-order chi connectivity index (χ1) is 15.3. The molecule has 1 aliphatic carbocycles. The molecule has 4 rings (SSSR count). The summed E-state index contributed by atoms with van der Waals surface area (Å²) in [7, 11) is 0.125. The molecule has 8 heteroatoms. The summed E-state index contributed by atoms with van der Waals surface area (Å²) in [5.41, 5.74) is 3.12. The summed E-state index contributed by atoms with van der Waals surface area (Å²) in [5.74, 6) is 0.844. The van der Waals surface area contributed by atoms with Crippen LogP contribution < -0.4 is 14.8 Å². The first kappa shape index (κ1) is 23.2. The Balaban J connectivity index is 1.52. The molecule has 1 spiro atoms. The van der Waals surface area contributed by atoms with Gasteiger partial charge >= 0.3 is 0 Å². The van der Waals surface area contributed by atoms with E-state index in [4.69, 9.17) is 4.74 Å². The van der Waals surface area contributed by atoms with Crippen molar-refractivity contribution < 1.29 is 17.5 Å².